The summed E-state index contributed by atoms with van der Waals surface area (Å²) < 4.78 is 52.0. The third kappa shape index (κ3) is 4.81. The van der Waals surface area contributed by atoms with E-state index in [4.69, 9.17) is 9.15 Å². The first kappa shape index (κ1) is 20.8. The highest BCUT2D eigenvalue weighted by Crippen LogP contribution is 2.39. The van der Waals surface area contributed by atoms with Crippen LogP contribution >= 0.6 is 0 Å². The number of rotatable bonds is 6. The summed E-state index contributed by atoms with van der Waals surface area (Å²) in [6, 6.07) is 2.75. The lowest BCUT2D eigenvalue weighted by Crippen LogP contribution is -2.19. The van der Waals surface area contributed by atoms with Crippen molar-refractivity contribution in [1.82, 2.24) is 0 Å². The highest BCUT2D eigenvalue weighted by molar-refractivity contribution is 5.86. The minimum atomic E-state index is -4.68. The molecule has 1 aromatic heterocycles. The molecule has 0 bridgehead atoms. The normalized spacial score (nSPS) is 12.3. The molecule has 0 fully saturated rings. The fourth-order valence-electron chi connectivity index (χ4n) is 2.71. The molecule has 0 saturated carbocycles. The van der Waals surface area contributed by atoms with Gasteiger partial charge in [-0.25, -0.2) is 4.79 Å². The summed E-state index contributed by atoms with van der Waals surface area (Å²) in [5.74, 6) is 0.599. The zero-order chi connectivity index (χ0) is 20.4. The number of hydrogen-bond acceptors (Lipinski definition) is 3. The van der Waals surface area contributed by atoms with E-state index in [2.05, 4.69) is 6.58 Å². The zero-order valence-corrected chi connectivity index (χ0v) is 15.9. The summed E-state index contributed by atoms with van der Waals surface area (Å²) >= 11 is 0. The van der Waals surface area contributed by atoms with Crippen LogP contribution in [0.3, 0.4) is 0 Å². The van der Waals surface area contributed by atoms with Crippen LogP contribution in [0.15, 0.2) is 45.8 Å². The molecule has 0 spiro atoms. The third-order valence-electron chi connectivity index (χ3n) is 4.11. The van der Waals surface area contributed by atoms with Crippen LogP contribution < -0.4 is 10.4 Å². The molecule has 0 aliphatic rings. The Kier molecular flexibility index (Phi) is 6.19. The summed E-state index contributed by atoms with van der Waals surface area (Å²) in [6.07, 6.45) is -1.19. The average Bonchev–Trinajstić information content (AvgIpc) is 2.53. The summed E-state index contributed by atoms with van der Waals surface area (Å²) in [6.45, 7) is 10.9. The highest BCUT2D eigenvalue weighted by atomic mass is 19.4. The largest absolute Gasteiger partial charge is 0.465 e. The van der Waals surface area contributed by atoms with Gasteiger partial charge in [-0.05, 0) is 50.8 Å². The molecule has 1 heterocycles. The van der Waals surface area contributed by atoms with Gasteiger partial charge in [-0.3, -0.25) is 0 Å². The molecule has 0 atom stereocenters. The van der Waals surface area contributed by atoms with Crippen LogP contribution in [-0.2, 0) is 12.6 Å². The third-order valence-corrected chi connectivity index (χ3v) is 4.11. The van der Waals surface area contributed by atoms with Gasteiger partial charge in [0.25, 0.3) is 0 Å². The van der Waals surface area contributed by atoms with E-state index >= 15 is 0 Å². The van der Waals surface area contributed by atoms with Gasteiger partial charge in [0.1, 0.15) is 11.3 Å². The number of fused-ring (bicyclic) bond motifs is 1. The summed E-state index contributed by atoms with van der Waals surface area (Å²) in [5.41, 5.74) is -1.36. The Morgan fingerprint density at radius 3 is 2.56 bits per heavy atom. The molecule has 0 unspecified atom stereocenters. The van der Waals surface area contributed by atoms with Gasteiger partial charge in [0.15, 0.2) is 0 Å². The molecule has 0 aliphatic heterocycles. The molecule has 2 aromatic rings. The van der Waals surface area contributed by atoms with Crippen molar-refractivity contribution >= 4 is 11.0 Å². The standard InChI is InChI=1S/C21H23F3O3/c1-12(2)6-7-16-18(21(22,23)24)15-8-9-17(26-11-10-13(3)4)14(5)19(15)27-20(16)25/h8-11,13H,1,6-7H2,2-5H3. The predicted molar refractivity (Wildman–Crippen MR) is 100.0 cm³/mol. The maximum Gasteiger partial charge on any atom is 0.417 e. The topological polar surface area (TPSA) is 39.4 Å². The lowest BCUT2D eigenvalue weighted by atomic mass is 9.97. The molecule has 146 valence electrons. The van der Waals surface area contributed by atoms with E-state index in [-0.39, 0.29) is 35.3 Å². The van der Waals surface area contributed by atoms with Crippen LogP contribution in [0.2, 0.25) is 0 Å². The van der Waals surface area contributed by atoms with Crippen molar-refractivity contribution in [3.8, 4) is 5.75 Å². The van der Waals surface area contributed by atoms with Gasteiger partial charge in [0.05, 0.1) is 17.4 Å². The number of allylic oxidation sites excluding steroid dienone is 2. The van der Waals surface area contributed by atoms with E-state index in [1.165, 1.54) is 18.4 Å². The van der Waals surface area contributed by atoms with Gasteiger partial charge < -0.3 is 9.15 Å². The summed E-state index contributed by atoms with van der Waals surface area (Å²) in [5, 5.41) is -0.142. The van der Waals surface area contributed by atoms with Crippen LogP contribution in [0.4, 0.5) is 13.2 Å². The lowest BCUT2D eigenvalue weighted by Gasteiger charge is -2.16. The first-order chi connectivity index (χ1) is 12.5. The van der Waals surface area contributed by atoms with Crippen LogP contribution in [0, 0.1) is 12.8 Å². The number of benzene rings is 1. The van der Waals surface area contributed by atoms with Crippen LogP contribution in [-0.4, -0.2) is 0 Å². The van der Waals surface area contributed by atoms with Crippen molar-refractivity contribution in [1.29, 1.82) is 0 Å². The Labute approximate surface area is 156 Å². The number of ether oxygens (including phenoxy) is 1. The van der Waals surface area contributed by atoms with Gasteiger partial charge in [-0.15, -0.1) is 6.58 Å². The number of alkyl halides is 3. The molecule has 2 rings (SSSR count). The second-order valence-corrected chi connectivity index (χ2v) is 6.95. The number of aryl methyl sites for hydroxylation is 1. The Morgan fingerprint density at radius 2 is 2.00 bits per heavy atom. The minimum absolute atomic E-state index is 0.0725. The van der Waals surface area contributed by atoms with Gasteiger partial charge in [-0.2, -0.15) is 13.2 Å². The highest BCUT2D eigenvalue weighted by Gasteiger charge is 2.38. The smallest absolute Gasteiger partial charge is 0.417 e. The molecule has 0 amide bonds. The molecule has 0 radical (unpaired) electrons. The van der Waals surface area contributed by atoms with Gasteiger partial charge in [-0.1, -0.05) is 19.4 Å². The molecule has 27 heavy (non-hydrogen) atoms. The van der Waals surface area contributed by atoms with Crippen molar-refractivity contribution in [3.05, 3.63) is 63.7 Å². The average molecular weight is 380 g/mol. The molecule has 0 N–H and O–H groups in total. The predicted octanol–water partition coefficient (Wildman–Crippen LogP) is 6.18. The molecule has 6 heteroatoms. The van der Waals surface area contributed by atoms with Crippen molar-refractivity contribution < 1.29 is 22.3 Å². The van der Waals surface area contributed by atoms with Crippen LogP contribution in [0.5, 0.6) is 5.75 Å². The first-order valence-corrected chi connectivity index (χ1v) is 8.66. The summed E-state index contributed by atoms with van der Waals surface area (Å²) in [4.78, 5) is 12.3. The quantitative estimate of drug-likeness (QED) is 0.341. The van der Waals surface area contributed by atoms with Gasteiger partial charge in [0, 0.05) is 10.9 Å². The Balaban J connectivity index is 2.67. The lowest BCUT2D eigenvalue weighted by molar-refractivity contribution is -0.137. The monoisotopic (exact) mass is 380 g/mol. The van der Waals surface area contributed by atoms with E-state index in [0.717, 1.165) is 0 Å². The Bertz CT molecular complexity index is 934. The summed E-state index contributed by atoms with van der Waals surface area (Å²) in [7, 11) is 0. The Hall–Kier alpha value is -2.50. The maximum atomic E-state index is 13.8. The van der Waals surface area contributed by atoms with E-state index in [9.17, 15) is 18.0 Å². The van der Waals surface area contributed by atoms with Gasteiger partial charge >= 0.3 is 11.8 Å². The van der Waals surface area contributed by atoms with Crippen molar-refractivity contribution in [2.75, 3.05) is 0 Å². The second kappa shape index (κ2) is 8.03. The van der Waals surface area contributed by atoms with E-state index in [1.807, 2.05) is 19.9 Å². The van der Waals surface area contributed by atoms with Crippen LogP contribution in [0.1, 0.15) is 43.9 Å². The minimum Gasteiger partial charge on any atom is -0.465 e. The SMILES string of the molecule is C=C(C)CCc1c(C(F)(F)F)c2ccc(OC=CC(C)C)c(C)c2oc1=O. The maximum absolute atomic E-state index is 13.8. The molecule has 3 nitrogen and oxygen atoms in total. The Morgan fingerprint density at radius 1 is 1.33 bits per heavy atom. The molecular weight excluding hydrogens is 357 g/mol. The fourth-order valence-corrected chi connectivity index (χ4v) is 2.71. The first-order valence-electron chi connectivity index (χ1n) is 8.66. The van der Waals surface area contributed by atoms with Crippen molar-refractivity contribution in [2.45, 2.75) is 46.7 Å². The number of halogens is 3. The fraction of sp³-hybridized carbons (Fsp3) is 0.381. The second-order valence-electron chi connectivity index (χ2n) is 6.95. The zero-order valence-electron chi connectivity index (χ0n) is 15.9. The van der Waals surface area contributed by atoms with E-state index < -0.39 is 17.4 Å². The molecular formula is C21H23F3O3. The van der Waals surface area contributed by atoms with Gasteiger partial charge in [0.2, 0.25) is 0 Å². The van der Waals surface area contributed by atoms with E-state index in [0.29, 0.717) is 16.9 Å². The number of hydrogen-bond donors (Lipinski definition) is 0. The van der Waals surface area contributed by atoms with Crippen LogP contribution in [0.25, 0.3) is 11.0 Å². The van der Waals surface area contributed by atoms with E-state index in [1.54, 1.807) is 13.8 Å². The molecule has 1 aromatic carbocycles. The molecule has 0 aliphatic carbocycles. The van der Waals surface area contributed by atoms with Crippen molar-refractivity contribution in [2.24, 2.45) is 5.92 Å². The van der Waals surface area contributed by atoms with Crippen molar-refractivity contribution in [3.63, 3.8) is 0 Å². The molecule has 0 saturated heterocycles.